The van der Waals surface area contributed by atoms with Gasteiger partial charge in [0.05, 0.1) is 12.4 Å². The molecule has 2 aromatic rings. The third-order valence-electron chi connectivity index (χ3n) is 3.63. The van der Waals surface area contributed by atoms with Crippen LogP contribution in [0.2, 0.25) is 0 Å². The summed E-state index contributed by atoms with van der Waals surface area (Å²) in [5, 5.41) is 4.71. The second-order valence-electron chi connectivity index (χ2n) is 5.49. The number of ketones is 1. The van der Waals surface area contributed by atoms with Crippen molar-refractivity contribution in [1.82, 2.24) is 14.9 Å². The zero-order chi connectivity index (χ0) is 19.6. The van der Waals surface area contributed by atoms with Crippen LogP contribution in [0.15, 0.2) is 39.7 Å². The van der Waals surface area contributed by atoms with E-state index in [0.29, 0.717) is 24.4 Å². The number of hydrogen-bond acceptors (Lipinski definition) is 8. The van der Waals surface area contributed by atoms with Crippen LogP contribution in [0.1, 0.15) is 22.6 Å². The van der Waals surface area contributed by atoms with Gasteiger partial charge < -0.3 is 20.3 Å². The fraction of sp³-hybridized carbons (Fsp3) is 0.312. The van der Waals surface area contributed by atoms with Crippen LogP contribution in [-0.4, -0.2) is 40.2 Å². The van der Waals surface area contributed by atoms with Crippen LogP contribution < -0.4 is 21.3 Å². The van der Waals surface area contributed by atoms with Gasteiger partial charge in [0.15, 0.2) is 5.01 Å². The Bertz CT molecular complexity index is 850. The Morgan fingerprint density at radius 3 is 2.96 bits per heavy atom. The standard InChI is InChI=1S/C16H20N6O3S2/c17-10-18-5-1-3-11(14(24)15-19-6-8-27-15)20-13(23)9-22-7-2-4-12(21-26)16(22)25/h2,4,6-8,10-11,21,26H,1,3,5,9H2,(H2,17,18)(H,20,23)/t11-/m0/s1. The van der Waals surface area contributed by atoms with Crippen molar-refractivity contribution in [2.75, 3.05) is 11.3 Å². The van der Waals surface area contributed by atoms with Crippen LogP contribution in [0.4, 0.5) is 5.69 Å². The number of Topliss-reactive ketones (excluding diaryl/α,β-unsaturated/α-hetero) is 1. The Hall–Kier alpha value is -2.66. The summed E-state index contributed by atoms with van der Waals surface area (Å²) in [4.78, 5) is 45.1. The van der Waals surface area contributed by atoms with Gasteiger partial charge >= 0.3 is 0 Å². The van der Waals surface area contributed by atoms with E-state index in [4.69, 9.17) is 5.73 Å². The van der Waals surface area contributed by atoms with Crippen LogP contribution in [-0.2, 0) is 11.3 Å². The van der Waals surface area contributed by atoms with Gasteiger partial charge in [0.2, 0.25) is 11.7 Å². The van der Waals surface area contributed by atoms with Crippen LogP contribution in [0.5, 0.6) is 0 Å². The normalized spacial score (nSPS) is 12.0. The number of anilines is 1. The molecule has 0 aromatic carbocycles. The molecule has 0 saturated heterocycles. The Labute approximate surface area is 165 Å². The van der Waals surface area contributed by atoms with Crippen molar-refractivity contribution in [2.45, 2.75) is 25.4 Å². The Morgan fingerprint density at radius 2 is 2.30 bits per heavy atom. The largest absolute Gasteiger partial charge is 0.390 e. The molecule has 0 radical (unpaired) electrons. The molecule has 0 spiro atoms. The number of rotatable bonds is 10. The van der Waals surface area contributed by atoms with Crippen LogP contribution in [0, 0.1) is 0 Å². The van der Waals surface area contributed by atoms with E-state index in [1.807, 2.05) is 0 Å². The van der Waals surface area contributed by atoms with Crippen LogP contribution >= 0.6 is 24.2 Å². The van der Waals surface area contributed by atoms with E-state index >= 15 is 0 Å². The third-order valence-corrected chi connectivity index (χ3v) is 4.66. The molecule has 2 aromatic heterocycles. The fourth-order valence-electron chi connectivity index (χ4n) is 2.37. The maximum absolute atomic E-state index is 12.6. The predicted molar refractivity (Wildman–Crippen MR) is 108 cm³/mol. The summed E-state index contributed by atoms with van der Waals surface area (Å²) in [6.07, 6.45) is 5.17. The van der Waals surface area contributed by atoms with Crippen molar-refractivity contribution in [3.8, 4) is 0 Å². The lowest BCUT2D eigenvalue weighted by Crippen LogP contribution is -2.43. The second-order valence-corrected chi connectivity index (χ2v) is 6.60. The van der Waals surface area contributed by atoms with Gasteiger partial charge in [-0.05, 0) is 25.0 Å². The molecule has 1 amide bonds. The molecule has 2 rings (SSSR count). The molecule has 0 saturated carbocycles. The molecular formula is C16H20N6O3S2. The second kappa shape index (κ2) is 10.5. The first-order chi connectivity index (χ1) is 13.1. The summed E-state index contributed by atoms with van der Waals surface area (Å²) in [6.45, 7) is 0.230. The van der Waals surface area contributed by atoms with Crippen molar-refractivity contribution in [2.24, 2.45) is 10.7 Å². The Morgan fingerprint density at radius 1 is 1.48 bits per heavy atom. The van der Waals surface area contributed by atoms with Gasteiger partial charge in [-0.3, -0.25) is 19.4 Å². The molecule has 0 aliphatic rings. The topological polar surface area (TPSA) is 131 Å². The Balaban J connectivity index is 2.08. The maximum atomic E-state index is 12.6. The van der Waals surface area contributed by atoms with Gasteiger partial charge in [-0.2, -0.15) is 0 Å². The van der Waals surface area contributed by atoms with E-state index in [-0.39, 0.29) is 23.6 Å². The third kappa shape index (κ3) is 5.93. The molecular weight excluding hydrogens is 388 g/mol. The predicted octanol–water partition coefficient (Wildman–Crippen LogP) is 0.696. The number of nitrogens with zero attached hydrogens (tertiary/aromatic N) is 3. The zero-order valence-electron chi connectivity index (χ0n) is 14.4. The summed E-state index contributed by atoms with van der Waals surface area (Å²) in [7, 11) is 0. The van der Waals surface area contributed by atoms with E-state index in [1.54, 1.807) is 17.5 Å². The first-order valence-corrected chi connectivity index (χ1v) is 9.42. The molecule has 0 fully saturated rings. The summed E-state index contributed by atoms with van der Waals surface area (Å²) in [6, 6.07) is 2.42. The molecule has 27 heavy (non-hydrogen) atoms. The summed E-state index contributed by atoms with van der Waals surface area (Å²) < 4.78 is 3.70. The van der Waals surface area contributed by atoms with E-state index in [9.17, 15) is 14.4 Å². The molecule has 144 valence electrons. The van der Waals surface area contributed by atoms with E-state index in [1.165, 1.54) is 34.6 Å². The highest BCUT2D eigenvalue weighted by molar-refractivity contribution is 7.81. The van der Waals surface area contributed by atoms with Crippen molar-refractivity contribution in [1.29, 1.82) is 0 Å². The molecule has 1 atom stereocenters. The number of aromatic nitrogens is 2. The SMILES string of the molecule is NC=NCCC[C@H](NC(=O)Cn1cccc(NS)c1=O)C(=O)c1nccs1. The molecule has 11 heteroatoms. The van der Waals surface area contributed by atoms with E-state index < -0.39 is 11.9 Å². The number of nitrogens with two attached hydrogens (primary N) is 1. The van der Waals surface area contributed by atoms with Gasteiger partial charge in [-0.25, -0.2) is 4.98 Å². The molecule has 0 aliphatic carbocycles. The first-order valence-electron chi connectivity index (χ1n) is 8.09. The summed E-state index contributed by atoms with van der Waals surface area (Å²) >= 11 is 5.06. The average Bonchev–Trinajstić information content (AvgIpc) is 3.20. The highest BCUT2D eigenvalue weighted by Crippen LogP contribution is 2.11. The number of hydrogen-bond donors (Lipinski definition) is 4. The number of carbonyl (C=O) groups excluding carboxylic acids is 2. The molecule has 9 nitrogen and oxygen atoms in total. The summed E-state index contributed by atoms with van der Waals surface area (Å²) in [5.41, 5.74) is 5.07. The molecule has 0 aliphatic heterocycles. The van der Waals surface area contributed by atoms with Crippen LogP contribution in [0.25, 0.3) is 0 Å². The maximum Gasteiger partial charge on any atom is 0.275 e. The average molecular weight is 409 g/mol. The molecule has 0 unspecified atom stereocenters. The first kappa shape index (κ1) is 20.6. The number of nitrogens with one attached hydrogen (secondary N) is 2. The highest BCUT2D eigenvalue weighted by Gasteiger charge is 2.24. The molecule has 4 N–H and O–H groups in total. The van der Waals surface area contributed by atoms with Gasteiger partial charge in [0, 0.05) is 24.3 Å². The molecule has 2 heterocycles. The number of aliphatic imine (C=N–C) groups is 1. The Kier molecular flexibility index (Phi) is 8.01. The number of thiazole rings is 1. The lowest BCUT2D eigenvalue weighted by atomic mass is 10.1. The number of carbonyl (C=O) groups is 2. The number of amides is 1. The van der Waals surface area contributed by atoms with E-state index in [0.717, 1.165) is 0 Å². The monoisotopic (exact) mass is 408 g/mol. The minimum absolute atomic E-state index is 0.218. The van der Waals surface area contributed by atoms with Gasteiger partial charge in [0.25, 0.3) is 5.56 Å². The summed E-state index contributed by atoms with van der Waals surface area (Å²) in [5.74, 6) is -0.723. The minimum Gasteiger partial charge on any atom is -0.390 e. The van der Waals surface area contributed by atoms with Gasteiger partial charge in [-0.1, -0.05) is 12.8 Å². The minimum atomic E-state index is -0.751. The van der Waals surface area contributed by atoms with Crippen molar-refractivity contribution >= 4 is 47.9 Å². The van der Waals surface area contributed by atoms with Crippen molar-refractivity contribution < 1.29 is 9.59 Å². The zero-order valence-corrected chi connectivity index (χ0v) is 16.1. The lowest BCUT2D eigenvalue weighted by Gasteiger charge is -2.17. The quantitative estimate of drug-likeness (QED) is 0.150. The molecule has 0 bridgehead atoms. The lowest BCUT2D eigenvalue weighted by molar-refractivity contribution is -0.122. The van der Waals surface area contributed by atoms with Gasteiger partial charge in [0.1, 0.15) is 12.2 Å². The van der Waals surface area contributed by atoms with Crippen molar-refractivity contribution in [3.05, 3.63) is 45.3 Å². The highest BCUT2D eigenvalue weighted by atomic mass is 32.1. The number of thiol groups is 1. The smallest absolute Gasteiger partial charge is 0.275 e. The van der Waals surface area contributed by atoms with E-state index in [2.05, 4.69) is 32.8 Å². The van der Waals surface area contributed by atoms with Crippen molar-refractivity contribution in [3.63, 3.8) is 0 Å². The fourth-order valence-corrected chi connectivity index (χ4v) is 3.17. The van der Waals surface area contributed by atoms with Gasteiger partial charge in [-0.15, -0.1) is 11.3 Å². The number of pyridine rings is 1. The van der Waals surface area contributed by atoms with Crippen LogP contribution in [0.3, 0.4) is 0 Å².